The molecule has 1 heterocycles. The van der Waals surface area contributed by atoms with Gasteiger partial charge in [0.05, 0.1) is 5.56 Å². The fourth-order valence-corrected chi connectivity index (χ4v) is 1.27. The highest BCUT2D eigenvalue weighted by molar-refractivity contribution is 9.08. The quantitative estimate of drug-likeness (QED) is 0.850. The number of hydrogen-bond donors (Lipinski definition) is 1. The van der Waals surface area contributed by atoms with Gasteiger partial charge < -0.3 is 5.73 Å². The molecule has 0 unspecified atom stereocenters. The number of nitrogens with two attached hydrogens (primary N) is 1. The van der Waals surface area contributed by atoms with Crippen molar-refractivity contribution in [2.24, 2.45) is 5.73 Å². The highest BCUT2D eigenvalue weighted by Crippen LogP contribution is 2.21. The number of nitrogens with zero attached hydrogens (tertiary/aromatic N) is 1. The highest BCUT2D eigenvalue weighted by Gasteiger charge is 2.18. The molecule has 0 saturated carbocycles. The number of pyridine rings is 1. The number of primary amides is 1. The van der Waals surface area contributed by atoms with E-state index in [2.05, 4.69) is 20.9 Å². The van der Waals surface area contributed by atoms with E-state index in [1.54, 1.807) is 0 Å². The van der Waals surface area contributed by atoms with Crippen LogP contribution in [0.15, 0.2) is 12.3 Å². The molecule has 0 bridgehead atoms. The average molecular weight is 265 g/mol. The van der Waals surface area contributed by atoms with Crippen molar-refractivity contribution in [2.45, 2.75) is 11.8 Å². The summed E-state index contributed by atoms with van der Waals surface area (Å²) in [4.78, 5) is 14.3. The van der Waals surface area contributed by atoms with Crippen molar-refractivity contribution in [3.8, 4) is 0 Å². The number of hydrogen-bond acceptors (Lipinski definition) is 2. The zero-order valence-corrected chi connectivity index (χ0v) is 8.59. The van der Waals surface area contributed by atoms with Crippen LogP contribution in [0.3, 0.4) is 0 Å². The summed E-state index contributed by atoms with van der Waals surface area (Å²) < 4.78 is 24.7. The smallest absolute Gasteiger partial charge is 0.281 e. The Morgan fingerprint density at radius 2 is 2.29 bits per heavy atom. The van der Waals surface area contributed by atoms with Gasteiger partial charge in [0.25, 0.3) is 12.3 Å². The molecule has 3 nitrogen and oxygen atoms in total. The SMILES string of the molecule is NC(=O)c1cc(CBr)cnc1C(F)F. The van der Waals surface area contributed by atoms with E-state index in [1.165, 1.54) is 12.3 Å². The first-order valence-corrected chi connectivity index (χ1v) is 4.81. The number of carbonyl (C=O) groups excluding carboxylic acids is 1. The Labute approximate surface area is 87.4 Å². The Morgan fingerprint density at radius 3 is 2.71 bits per heavy atom. The van der Waals surface area contributed by atoms with Crippen LogP contribution in [0, 0.1) is 0 Å². The summed E-state index contributed by atoms with van der Waals surface area (Å²) in [6, 6.07) is 1.31. The summed E-state index contributed by atoms with van der Waals surface area (Å²) >= 11 is 3.12. The van der Waals surface area contributed by atoms with Crippen molar-refractivity contribution in [1.82, 2.24) is 4.98 Å². The molecule has 6 heteroatoms. The molecule has 0 spiro atoms. The van der Waals surface area contributed by atoms with Crippen molar-refractivity contribution in [1.29, 1.82) is 0 Å². The van der Waals surface area contributed by atoms with Crippen LogP contribution in [0.1, 0.15) is 28.0 Å². The first kappa shape index (κ1) is 11.0. The van der Waals surface area contributed by atoms with Gasteiger partial charge in [0, 0.05) is 11.5 Å². The van der Waals surface area contributed by atoms with E-state index in [-0.39, 0.29) is 5.56 Å². The summed E-state index contributed by atoms with van der Waals surface area (Å²) in [6.07, 6.45) is -1.51. The molecule has 0 aliphatic rings. The minimum Gasteiger partial charge on any atom is -0.366 e. The van der Waals surface area contributed by atoms with Crippen LogP contribution in [0.4, 0.5) is 8.78 Å². The first-order chi connectivity index (χ1) is 6.56. The van der Waals surface area contributed by atoms with Gasteiger partial charge in [-0.15, -0.1) is 0 Å². The Balaban J connectivity index is 3.24. The molecule has 0 aliphatic carbocycles. The molecule has 2 N–H and O–H groups in total. The standard InChI is InChI=1S/C8H7BrF2N2O/c9-2-4-1-5(8(12)14)6(7(10)11)13-3-4/h1,3,7H,2H2,(H2,12,14). The fraction of sp³-hybridized carbons (Fsp3) is 0.250. The van der Waals surface area contributed by atoms with Gasteiger partial charge in [-0.3, -0.25) is 9.78 Å². The van der Waals surface area contributed by atoms with Crippen LogP contribution in [0.25, 0.3) is 0 Å². The van der Waals surface area contributed by atoms with Gasteiger partial charge in [-0.2, -0.15) is 0 Å². The van der Waals surface area contributed by atoms with E-state index in [0.29, 0.717) is 10.9 Å². The molecule has 1 aromatic heterocycles. The number of halogens is 3. The zero-order chi connectivity index (χ0) is 10.7. The van der Waals surface area contributed by atoms with Crippen molar-refractivity contribution < 1.29 is 13.6 Å². The van der Waals surface area contributed by atoms with Gasteiger partial charge in [0.1, 0.15) is 5.69 Å². The normalized spacial score (nSPS) is 10.6. The van der Waals surface area contributed by atoms with Gasteiger partial charge >= 0.3 is 0 Å². The van der Waals surface area contributed by atoms with Crippen LogP contribution in [-0.4, -0.2) is 10.9 Å². The fourth-order valence-electron chi connectivity index (χ4n) is 0.963. The molecule has 76 valence electrons. The van der Waals surface area contributed by atoms with Crippen molar-refractivity contribution in [3.05, 3.63) is 29.1 Å². The number of carbonyl (C=O) groups is 1. The van der Waals surface area contributed by atoms with Gasteiger partial charge in [0.15, 0.2) is 0 Å². The number of alkyl halides is 3. The molecule has 1 aromatic rings. The first-order valence-electron chi connectivity index (χ1n) is 3.69. The molecule has 0 aromatic carbocycles. The third kappa shape index (κ3) is 2.25. The third-order valence-corrected chi connectivity index (χ3v) is 2.25. The van der Waals surface area contributed by atoms with Gasteiger partial charge in [0.2, 0.25) is 0 Å². The topological polar surface area (TPSA) is 56.0 Å². The van der Waals surface area contributed by atoms with Crippen molar-refractivity contribution in [3.63, 3.8) is 0 Å². The summed E-state index contributed by atoms with van der Waals surface area (Å²) in [5, 5.41) is 0.434. The van der Waals surface area contributed by atoms with E-state index in [4.69, 9.17) is 5.73 Å². The predicted molar refractivity (Wildman–Crippen MR) is 50.3 cm³/mol. The molecule has 14 heavy (non-hydrogen) atoms. The monoisotopic (exact) mass is 264 g/mol. The second-order valence-electron chi connectivity index (χ2n) is 2.57. The number of aromatic nitrogens is 1. The molecule has 1 rings (SSSR count). The molecule has 0 fully saturated rings. The molecule has 0 atom stereocenters. The minimum absolute atomic E-state index is 0.225. The second-order valence-corrected chi connectivity index (χ2v) is 3.14. The maximum Gasteiger partial charge on any atom is 0.281 e. The minimum atomic E-state index is -2.79. The van der Waals surface area contributed by atoms with Crippen molar-refractivity contribution >= 4 is 21.8 Å². The van der Waals surface area contributed by atoms with Crippen LogP contribution < -0.4 is 5.73 Å². The largest absolute Gasteiger partial charge is 0.366 e. The lowest BCUT2D eigenvalue weighted by Crippen LogP contribution is -2.15. The molecule has 0 saturated heterocycles. The lowest BCUT2D eigenvalue weighted by Gasteiger charge is -2.05. The molecule has 0 aliphatic heterocycles. The summed E-state index contributed by atoms with van der Waals surface area (Å²) in [5.74, 6) is -0.893. The predicted octanol–water partition coefficient (Wildman–Crippen LogP) is 2.01. The number of amides is 1. The third-order valence-electron chi connectivity index (χ3n) is 1.60. The van der Waals surface area contributed by atoms with E-state index >= 15 is 0 Å². The van der Waals surface area contributed by atoms with Crippen LogP contribution in [0.5, 0.6) is 0 Å². The van der Waals surface area contributed by atoms with E-state index < -0.39 is 18.0 Å². The highest BCUT2D eigenvalue weighted by atomic mass is 79.9. The Morgan fingerprint density at radius 1 is 1.64 bits per heavy atom. The maximum atomic E-state index is 12.3. The van der Waals surface area contributed by atoms with Crippen LogP contribution in [-0.2, 0) is 5.33 Å². The summed E-state index contributed by atoms with van der Waals surface area (Å²) in [5.41, 5.74) is 4.78. The average Bonchev–Trinajstić information content (AvgIpc) is 2.16. The Hall–Kier alpha value is -1.04. The lowest BCUT2D eigenvalue weighted by molar-refractivity contribution is 0.0983. The lowest BCUT2D eigenvalue weighted by atomic mass is 10.1. The van der Waals surface area contributed by atoms with Gasteiger partial charge in [-0.05, 0) is 11.6 Å². The molecule has 0 radical (unpaired) electrons. The second kappa shape index (κ2) is 4.45. The molecular weight excluding hydrogens is 258 g/mol. The Bertz CT molecular complexity index is 357. The summed E-state index contributed by atoms with van der Waals surface area (Å²) in [6.45, 7) is 0. The van der Waals surface area contributed by atoms with Crippen LogP contribution in [0.2, 0.25) is 0 Å². The van der Waals surface area contributed by atoms with Crippen molar-refractivity contribution in [2.75, 3.05) is 0 Å². The Kier molecular flexibility index (Phi) is 3.51. The van der Waals surface area contributed by atoms with E-state index in [1.807, 2.05) is 0 Å². The van der Waals surface area contributed by atoms with Gasteiger partial charge in [-0.1, -0.05) is 15.9 Å². The summed E-state index contributed by atoms with van der Waals surface area (Å²) in [7, 11) is 0. The molecular formula is C8H7BrF2N2O. The molecule has 1 amide bonds. The zero-order valence-electron chi connectivity index (χ0n) is 7.01. The van der Waals surface area contributed by atoms with E-state index in [0.717, 1.165) is 0 Å². The van der Waals surface area contributed by atoms with E-state index in [9.17, 15) is 13.6 Å². The van der Waals surface area contributed by atoms with Crippen LogP contribution >= 0.6 is 15.9 Å². The number of rotatable bonds is 3. The van der Waals surface area contributed by atoms with Gasteiger partial charge in [-0.25, -0.2) is 8.78 Å². The maximum absolute atomic E-state index is 12.3.